The Morgan fingerprint density at radius 1 is 1.10 bits per heavy atom. The Labute approximate surface area is 186 Å². The van der Waals surface area contributed by atoms with Gasteiger partial charge in [0.2, 0.25) is 0 Å². The zero-order valence-corrected chi connectivity index (χ0v) is 18.7. The molecule has 0 spiro atoms. The Balaban J connectivity index is 1.73. The quantitative estimate of drug-likeness (QED) is 0.293. The van der Waals surface area contributed by atoms with Gasteiger partial charge in [-0.3, -0.25) is 0 Å². The van der Waals surface area contributed by atoms with Crippen LogP contribution in [-0.4, -0.2) is 15.2 Å². The molecule has 2 aromatic heterocycles. The van der Waals surface area contributed by atoms with Crippen molar-refractivity contribution in [1.29, 1.82) is 0 Å². The molecule has 0 N–H and O–H groups in total. The molecule has 2 heterocycles. The van der Waals surface area contributed by atoms with Gasteiger partial charge in [-0.2, -0.15) is 5.10 Å². The number of halogens is 4. The third kappa shape index (κ3) is 2.48. The Morgan fingerprint density at radius 2 is 1.83 bits per heavy atom. The molecule has 0 amide bonds. The number of hydrogen-bond acceptors (Lipinski definition) is 3. The van der Waals surface area contributed by atoms with Gasteiger partial charge in [0, 0.05) is 0 Å². The summed E-state index contributed by atoms with van der Waals surface area (Å²) < 4.78 is 29.5. The first-order valence-corrected chi connectivity index (χ1v) is 10.9. The van der Waals surface area contributed by atoms with E-state index in [0.29, 0.717) is 5.15 Å². The first-order chi connectivity index (χ1) is 13.8. The summed E-state index contributed by atoms with van der Waals surface area (Å²) >= 11 is 8.51. The van der Waals surface area contributed by atoms with Gasteiger partial charge in [0.25, 0.3) is 0 Å². The molecule has 0 radical (unpaired) electrons. The van der Waals surface area contributed by atoms with E-state index in [-0.39, 0.29) is 22.6 Å². The summed E-state index contributed by atoms with van der Waals surface area (Å²) in [5.74, 6) is -1.06. The van der Waals surface area contributed by atoms with E-state index in [0.717, 1.165) is 33.4 Å². The molecule has 0 aliphatic heterocycles. The van der Waals surface area contributed by atoms with Crippen LogP contribution in [0.5, 0.6) is 0 Å². The van der Waals surface area contributed by atoms with Gasteiger partial charge in [-0.05, 0) is 82.7 Å². The highest BCUT2D eigenvalue weighted by atomic mass is 127. The zero-order valence-electron chi connectivity index (χ0n) is 15.8. The fourth-order valence-corrected chi connectivity index (χ4v) is 5.87. The highest BCUT2D eigenvalue weighted by Crippen LogP contribution is 2.69. The average Bonchev–Trinajstić information content (AvgIpc) is 3.05. The lowest BCUT2D eigenvalue weighted by molar-refractivity contribution is 0.243. The van der Waals surface area contributed by atoms with E-state index >= 15 is 0 Å². The second-order valence-electron chi connectivity index (χ2n) is 8.32. The van der Waals surface area contributed by atoms with Gasteiger partial charge in [0.05, 0.1) is 31.6 Å². The SMILES string of the molecule is CC1(C)[C@H]2CC[C@]1(c1ccc(I)c(Cl)n1)c1nnc(-c3c(F)cccc3F)cc12. The maximum Gasteiger partial charge on any atom is 0.142 e. The summed E-state index contributed by atoms with van der Waals surface area (Å²) in [5, 5.41) is 9.25. The highest BCUT2D eigenvalue weighted by Gasteiger charge is 2.65. The summed E-state index contributed by atoms with van der Waals surface area (Å²) in [6.45, 7) is 4.42. The number of rotatable bonds is 2. The van der Waals surface area contributed by atoms with Crippen molar-refractivity contribution in [3.63, 3.8) is 0 Å². The van der Waals surface area contributed by atoms with Crippen LogP contribution in [0.2, 0.25) is 5.15 Å². The summed E-state index contributed by atoms with van der Waals surface area (Å²) in [5.41, 5.74) is 2.25. The molecule has 2 bridgehead atoms. The molecular weight excluding hydrogens is 507 g/mol. The fourth-order valence-electron chi connectivity index (χ4n) is 5.41. The first kappa shape index (κ1) is 19.3. The monoisotopic (exact) mass is 523 g/mol. The van der Waals surface area contributed by atoms with Crippen molar-refractivity contribution < 1.29 is 8.78 Å². The van der Waals surface area contributed by atoms with Crippen molar-refractivity contribution in [1.82, 2.24) is 15.2 Å². The molecule has 148 valence electrons. The Kier molecular flexibility index (Phi) is 4.27. The van der Waals surface area contributed by atoms with Gasteiger partial charge < -0.3 is 0 Å². The van der Waals surface area contributed by atoms with Crippen molar-refractivity contribution >= 4 is 34.2 Å². The van der Waals surface area contributed by atoms with Crippen LogP contribution in [0.3, 0.4) is 0 Å². The summed E-state index contributed by atoms with van der Waals surface area (Å²) in [4.78, 5) is 4.70. The number of fused-ring (bicyclic) bond motifs is 5. The van der Waals surface area contributed by atoms with E-state index in [1.165, 1.54) is 18.2 Å². The van der Waals surface area contributed by atoms with Crippen LogP contribution in [0, 0.1) is 20.6 Å². The van der Waals surface area contributed by atoms with E-state index in [4.69, 9.17) is 16.6 Å². The van der Waals surface area contributed by atoms with E-state index in [2.05, 4.69) is 46.6 Å². The molecule has 1 fully saturated rings. The van der Waals surface area contributed by atoms with Crippen molar-refractivity contribution in [2.75, 3.05) is 0 Å². The molecule has 2 aliphatic rings. The number of aromatic nitrogens is 3. The topological polar surface area (TPSA) is 38.7 Å². The zero-order chi connectivity index (χ0) is 20.6. The third-order valence-electron chi connectivity index (χ3n) is 6.84. The standard InChI is InChI=1S/C22H17ClF2IN3/c1-21(2)12-8-9-22(21,17-7-6-15(26)20(23)27-17)19-11(12)10-16(28-29-19)18-13(24)4-3-5-14(18)25/h3-7,10,12H,8-9H2,1-2H3/t12-,22-/m0/s1. The smallest absolute Gasteiger partial charge is 0.142 e. The van der Waals surface area contributed by atoms with Crippen LogP contribution in [0.1, 0.15) is 49.6 Å². The lowest BCUT2D eigenvalue weighted by Gasteiger charge is -2.37. The van der Waals surface area contributed by atoms with E-state index in [1.807, 2.05) is 18.2 Å². The maximum absolute atomic E-state index is 14.3. The van der Waals surface area contributed by atoms with E-state index < -0.39 is 17.0 Å². The van der Waals surface area contributed by atoms with Crippen LogP contribution in [-0.2, 0) is 5.41 Å². The lowest BCUT2D eigenvalue weighted by Crippen LogP contribution is -2.37. The first-order valence-electron chi connectivity index (χ1n) is 9.42. The Hall–Kier alpha value is -1.67. The molecule has 5 rings (SSSR count). The highest BCUT2D eigenvalue weighted by molar-refractivity contribution is 14.1. The minimum Gasteiger partial charge on any atom is -0.239 e. The summed E-state index contributed by atoms with van der Waals surface area (Å²) in [6.07, 6.45) is 1.85. The lowest BCUT2D eigenvalue weighted by atomic mass is 9.66. The Bertz CT molecular complexity index is 1150. The van der Waals surface area contributed by atoms with Crippen molar-refractivity contribution in [3.05, 3.63) is 73.7 Å². The van der Waals surface area contributed by atoms with Gasteiger partial charge in [-0.15, -0.1) is 5.10 Å². The van der Waals surface area contributed by atoms with Crippen LogP contribution in [0.15, 0.2) is 36.4 Å². The number of pyridine rings is 1. The van der Waals surface area contributed by atoms with Crippen LogP contribution in [0.25, 0.3) is 11.3 Å². The van der Waals surface area contributed by atoms with Gasteiger partial charge in [-0.25, -0.2) is 13.8 Å². The molecule has 0 unspecified atom stereocenters. The normalized spacial score (nSPS) is 24.0. The molecule has 0 saturated heterocycles. The molecule has 3 aromatic rings. The van der Waals surface area contributed by atoms with Gasteiger partial charge in [0.15, 0.2) is 0 Å². The minimum absolute atomic E-state index is 0.132. The van der Waals surface area contributed by atoms with Crippen molar-refractivity contribution in [2.45, 2.75) is 38.0 Å². The molecule has 3 nitrogen and oxygen atoms in total. The molecule has 29 heavy (non-hydrogen) atoms. The summed E-state index contributed by atoms with van der Waals surface area (Å²) in [7, 11) is 0. The van der Waals surface area contributed by atoms with Gasteiger partial charge in [0.1, 0.15) is 16.8 Å². The summed E-state index contributed by atoms with van der Waals surface area (Å²) in [6, 6.07) is 9.62. The minimum atomic E-state index is -0.637. The Morgan fingerprint density at radius 3 is 2.52 bits per heavy atom. The predicted octanol–water partition coefficient (Wildman–Crippen LogP) is 6.28. The number of benzene rings is 1. The van der Waals surface area contributed by atoms with Crippen LogP contribution >= 0.6 is 34.2 Å². The third-order valence-corrected chi connectivity index (χ3v) is 8.32. The molecule has 1 saturated carbocycles. The van der Waals surface area contributed by atoms with E-state index in [1.54, 1.807) is 0 Å². The molecule has 1 aromatic carbocycles. The van der Waals surface area contributed by atoms with E-state index in [9.17, 15) is 8.78 Å². The number of nitrogens with zero attached hydrogens (tertiary/aromatic N) is 3. The maximum atomic E-state index is 14.3. The number of hydrogen-bond donors (Lipinski definition) is 0. The van der Waals surface area contributed by atoms with Gasteiger partial charge >= 0.3 is 0 Å². The predicted molar refractivity (Wildman–Crippen MR) is 116 cm³/mol. The largest absolute Gasteiger partial charge is 0.239 e. The second-order valence-corrected chi connectivity index (χ2v) is 9.84. The molecule has 7 heteroatoms. The molecule has 2 atom stereocenters. The molecular formula is C22H17ClF2IN3. The van der Waals surface area contributed by atoms with Crippen LogP contribution in [0.4, 0.5) is 8.78 Å². The van der Waals surface area contributed by atoms with Gasteiger partial charge in [-0.1, -0.05) is 31.5 Å². The van der Waals surface area contributed by atoms with Crippen LogP contribution < -0.4 is 0 Å². The molecule has 2 aliphatic carbocycles. The van der Waals surface area contributed by atoms with Crippen molar-refractivity contribution in [2.24, 2.45) is 5.41 Å². The average molecular weight is 524 g/mol. The second kappa shape index (κ2) is 6.41. The van der Waals surface area contributed by atoms with Crippen molar-refractivity contribution in [3.8, 4) is 11.3 Å². The fraction of sp³-hybridized carbons (Fsp3) is 0.318.